The lowest BCUT2D eigenvalue weighted by Crippen LogP contribution is -2.41. The minimum Gasteiger partial charge on any atom is -0.478 e. The van der Waals surface area contributed by atoms with Crippen molar-refractivity contribution in [1.29, 1.82) is 0 Å². The first-order valence-electron chi connectivity index (χ1n) is 5.39. The highest BCUT2D eigenvalue weighted by Gasteiger charge is 2.15. The topological polar surface area (TPSA) is 49.8 Å². The van der Waals surface area contributed by atoms with Gasteiger partial charge in [0, 0.05) is 25.2 Å². The van der Waals surface area contributed by atoms with Crippen molar-refractivity contribution in [2.24, 2.45) is 0 Å². The molecule has 0 aliphatic carbocycles. The Morgan fingerprint density at radius 2 is 2.40 bits per heavy atom. The molecule has 4 nitrogen and oxygen atoms in total. The van der Waals surface area contributed by atoms with Gasteiger partial charge in [-0.25, -0.2) is 4.79 Å². The van der Waals surface area contributed by atoms with Gasteiger partial charge in [0.15, 0.2) is 0 Å². The summed E-state index contributed by atoms with van der Waals surface area (Å²) >= 11 is 0. The number of aliphatic carboxylic acids is 1. The van der Waals surface area contributed by atoms with Crippen molar-refractivity contribution in [1.82, 2.24) is 4.90 Å². The number of carbonyl (C=O) groups is 1. The van der Waals surface area contributed by atoms with Crippen molar-refractivity contribution < 1.29 is 14.6 Å². The van der Waals surface area contributed by atoms with Crippen LogP contribution < -0.4 is 0 Å². The molecule has 1 aliphatic heterocycles. The van der Waals surface area contributed by atoms with Crippen molar-refractivity contribution in [3.63, 3.8) is 0 Å². The van der Waals surface area contributed by atoms with Crippen LogP contribution in [0.25, 0.3) is 0 Å². The second-order valence-electron chi connectivity index (χ2n) is 3.83. The minimum atomic E-state index is -0.807. The molecule has 0 radical (unpaired) electrons. The molecule has 1 N–H and O–H groups in total. The minimum absolute atomic E-state index is 0.252. The van der Waals surface area contributed by atoms with E-state index in [1.54, 1.807) is 6.08 Å². The lowest BCUT2D eigenvalue weighted by Gasteiger charge is -2.30. The molecule has 1 unspecified atom stereocenters. The van der Waals surface area contributed by atoms with Crippen molar-refractivity contribution in [2.75, 3.05) is 26.2 Å². The Kier molecular flexibility index (Phi) is 4.78. The zero-order chi connectivity index (χ0) is 11.3. The fourth-order valence-electron chi connectivity index (χ4n) is 1.68. The molecular weight excluding hydrogens is 194 g/mol. The Morgan fingerprint density at radius 1 is 1.67 bits per heavy atom. The van der Waals surface area contributed by atoms with Gasteiger partial charge in [0.1, 0.15) is 0 Å². The van der Waals surface area contributed by atoms with Gasteiger partial charge in [0.05, 0.1) is 12.7 Å². The van der Waals surface area contributed by atoms with Crippen LogP contribution in [0.4, 0.5) is 0 Å². The Bertz CT molecular complexity index is 250. The number of carboxylic acids is 1. The first-order valence-corrected chi connectivity index (χ1v) is 5.39. The number of morpholine rings is 1. The van der Waals surface area contributed by atoms with Crippen LogP contribution in [0, 0.1) is 0 Å². The third-order valence-corrected chi connectivity index (χ3v) is 2.58. The molecule has 1 atom stereocenters. The van der Waals surface area contributed by atoms with Crippen LogP contribution in [0.2, 0.25) is 0 Å². The summed E-state index contributed by atoms with van der Waals surface area (Å²) in [5.74, 6) is -0.807. The number of carboxylic acid groups (broad SMARTS) is 1. The van der Waals surface area contributed by atoms with Gasteiger partial charge in [-0.2, -0.15) is 0 Å². The Morgan fingerprint density at radius 3 is 2.93 bits per heavy atom. The summed E-state index contributed by atoms with van der Waals surface area (Å²) in [6.45, 7) is 7.12. The molecule has 0 aromatic heterocycles. The van der Waals surface area contributed by atoms with E-state index < -0.39 is 5.97 Å². The largest absolute Gasteiger partial charge is 0.478 e. The lowest BCUT2D eigenvalue weighted by molar-refractivity contribution is -0.132. The average Bonchev–Trinajstić information content (AvgIpc) is 2.18. The summed E-state index contributed by atoms with van der Waals surface area (Å²) in [7, 11) is 0. The van der Waals surface area contributed by atoms with Gasteiger partial charge in [0.25, 0.3) is 0 Å². The first-order chi connectivity index (χ1) is 7.13. The average molecular weight is 213 g/mol. The highest BCUT2D eigenvalue weighted by molar-refractivity contribution is 5.86. The highest BCUT2D eigenvalue weighted by atomic mass is 16.5. The van der Waals surface area contributed by atoms with Gasteiger partial charge in [-0.15, -0.1) is 0 Å². The zero-order valence-corrected chi connectivity index (χ0v) is 9.40. The molecule has 0 amide bonds. The fraction of sp³-hybridized carbons (Fsp3) is 0.727. The van der Waals surface area contributed by atoms with Crippen LogP contribution in [-0.2, 0) is 9.53 Å². The molecule has 1 fully saturated rings. The zero-order valence-electron chi connectivity index (χ0n) is 9.40. The summed E-state index contributed by atoms with van der Waals surface area (Å²) < 4.78 is 5.41. The number of hydrogen-bond donors (Lipinski definition) is 1. The van der Waals surface area contributed by atoms with Crippen LogP contribution >= 0.6 is 0 Å². The third-order valence-electron chi connectivity index (χ3n) is 2.58. The van der Waals surface area contributed by atoms with Gasteiger partial charge in [-0.1, -0.05) is 13.0 Å². The summed E-state index contributed by atoms with van der Waals surface area (Å²) in [4.78, 5) is 13.0. The van der Waals surface area contributed by atoms with E-state index in [9.17, 15) is 4.79 Å². The van der Waals surface area contributed by atoms with E-state index in [0.29, 0.717) is 18.5 Å². The molecule has 1 rings (SSSR count). The Balaban J connectivity index is 2.43. The lowest BCUT2D eigenvalue weighted by atomic mass is 10.2. The van der Waals surface area contributed by atoms with Crippen LogP contribution in [0.3, 0.4) is 0 Å². The maximum Gasteiger partial charge on any atom is 0.331 e. The van der Waals surface area contributed by atoms with E-state index >= 15 is 0 Å². The number of ether oxygens (including phenoxy) is 1. The van der Waals surface area contributed by atoms with E-state index in [0.717, 1.165) is 19.7 Å². The van der Waals surface area contributed by atoms with Crippen molar-refractivity contribution in [3.8, 4) is 0 Å². The fourth-order valence-corrected chi connectivity index (χ4v) is 1.68. The molecule has 1 heterocycles. The number of rotatable bonds is 4. The van der Waals surface area contributed by atoms with Crippen molar-refractivity contribution in [3.05, 3.63) is 11.6 Å². The van der Waals surface area contributed by atoms with E-state index in [2.05, 4.69) is 4.90 Å². The van der Waals surface area contributed by atoms with Crippen molar-refractivity contribution in [2.45, 2.75) is 26.4 Å². The summed E-state index contributed by atoms with van der Waals surface area (Å²) in [5, 5.41) is 8.84. The SMILES string of the molecule is CCC(=CCN1CCOC(C)C1)C(=O)O. The predicted octanol–water partition coefficient (Wildman–Crippen LogP) is 1.13. The second-order valence-corrected chi connectivity index (χ2v) is 3.83. The monoisotopic (exact) mass is 213 g/mol. The van der Waals surface area contributed by atoms with E-state index in [4.69, 9.17) is 9.84 Å². The first kappa shape index (κ1) is 12.2. The summed E-state index contributed by atoms with van der Waals surface area (Å²) in [6.07, 6.45) is 2.64. The summed E-state index contributed by atoms with van der Waals surface area (Å²) in [5.41, 5.74) is 0.495. The Hall–Kier alpha value is -0.870. The van der Waals surface area contributed by atoms with Crippen LogP contribution in [0.15, 0.2) is 11.6 Å². The van der Waals surface area contributed by atoms with E-state index in [1.807, 2.05) is 13.8 Å². The van der Waals surface area contributed by atoms with Crippen LogP contribution in [0.1, 0.15) is 20.3 Å². The van der Waals surface area contributed by atoms with Crippen LogP contribution in [-0.4, -0.2) is 48.3 Å². The third kappa shape index (κ3) is 4.01. The van der Waals surface area contributed by atoms with E-state index in [1.165, 1.54) is 0 Å². The molecular formula is C11H19NO3. The van der Waals surface area contributed by atoms with Gasteiger partial charge in [-0.05, 0) is 13.3 Å². The predicted molar refractivity (Wildman–Crippen MR) is 57.9 cm³/mol. The number of hydrogen-bond acceptors (Lipinski definition) is 3. The van der Waals surface area contributed by atoms with E-state index in [-0.39, 0.29) is 6.10 Å². The molecule has 0 bridgehead atoms. The molecule has 0 aromatic rings. The molecule has 4 heteroatoms. The van der Waals surface area contributed by atoms with Crippen molar-refractivity contribution >= 4 is 5.97 Å². The van der Waals surface area contributed by atoms with Gasteiger partial charge in [0.2, 0.25) is 0 Å². The maximum absolute atomic E-state index is 10.8. The molecule has 15 heavy (non-hydrogen) atoms. The highest BCUT2D eigenvalue weighted by Crippen LogP contribution is 2.06. The Labute approximate surface area is 90.5 Å². The second kappa shape index (κ2) is 5.88. The molecule has 1 saturated heterocycles. The standard InChI is InChI=1S/C11H19NO3/c1-3-10(11(13)14)4-5-12-6-7-15-9(2)8-12/h4,9H,3,5-8H2,1-2H3,(H,13,14). The van der Waals surface area contributed by atoms with Gasteiger partial charge < -0.3 is 9.84 Å². The summed E-state index contributed by atoms with van der Waals surface area (Å²) in [6, 6.07) is 0. The molecule has 0 saturated carbocycles. The maximum atomic E-state index is 10.8. The van der Waals surface area contributed by atoms with Gasteiger partial charge >= 0.3 is 5.97 Å². The molecule has 86 valence electrons. The van der Waals surface area contributed by atoms with Gasteiger partial charge in [-0.3, -0.25) is 4.90 Å². The van der Waals surface area contributed by atoms with Crippen LogP contribution in [0.5, 0.6) is 0 Å². The quantitative estimate of drug-likeness (QED) is 0.711. The normalized spacial score (nSPS) is 24.1. The molecule has 0 spiro atoms. The number of nitrogens with zero attached hydrogens (tertiary/aromatic N) is 1. The molecule has 0 aromatic carbocycles. The molecule has 1 aliphatic rings. The smallest absolute Gasteiger partial charge is 0.331 e.